The van der Waals surface area contributed by atoms with Crippen molar-refractivity contribution in [3.05, 3.63) is 0 Å². The van der Waals surface area contributed by atoms with Crippen LogP contribution in [0.4, 0.5) is 0 Å². The maximum atomic E-state index is 12.2. The number of carbonyl (C=O) groups is 4. The number of ether oxygens (including phenoxy) is 1. The summed E-state index contributed by atoms with van der Waals surface area (Å²) in [5, 5.41) is 2.93. The van der Waals surface area contributed by atoms with E-state index in [-0.39, 0.29) is 48.8 Å². The Morgan fingerprint density at radius 1 is 1.26 bits per heavy atom. The molecule has 0 aromatic rings. The lowest BCUT2D eigenvalue weighted by Gasteiger charge is -2.31. The SMILES string of the molecule is CCC(C)(CC(C)=O)OCCC(C)(C)NC(=O)CCN1C(=O)CC(C)C1=O. The maximum Gasteiger partial charge on any atom is 0.232 e. The number of hydrogen-bond acceptors (Lipinski definition) is 5. The molecule has 1 N–H and O–H groups in total. The molecule has 0 aromatic heterocycles. The highest BCUT2D eigenvalue weighted by molar-refractivity contribution is 6.03. The molecule has 3 amide bonds. The van der Waals surface area contributed by atoms with Gasteiger partial charge in [0.05, 0.1) is 5.60 Å². The summed E-state index contributed by atoms with van der Waals surface area (Å²) in [7, 11) is 0. The maximum absolute atomic E-state index is 12.2. The van der Waals surface area contributed by atoms with Gasteiger partial charge in [-0.25, -0.2) is 0 Å². The van der Waals surface area contributed by atoms with Gasteiger partial charge in [-0.2, -0.15) is 0 Å². The second kappa shape index (κ2) is 9.44. The molecule has 2 atom stereocenters. The molecule has 1 aliphatic rings. The summed E-state index contributed by atoms with van der Waals surface area (Å²) in [6.45, 7) is 11.5. The van der Waals surface area contributed by atoms with E-state index in [1.165, 1.54) is 4.90 Å². The lowest BCUT2D eigenvalue weighted by atomic mass is 9.96. The van der Waals surface area contributed by atoms with Crippen LogP contribution in [0.3, 0.4) is 0 Å². The zero-order valence-electron chi connectivity index (χ0n) is 17.5. The molecule has 1 fully saturated rings. The molecule has 7 heteroatoms. The van der Waals surface area contributed by atoms with Gasteiger partial charge in [-0.05, 0) is 40.5 Å². The molecule has 0 aromatic carbocycles. The molecule has 1 heterocycles. The second-order valence-electron chi connectivity index (χ2n) is 8.45. The van der Waals surface area contributed by atoms with Gasteiger partial charge in [-0.1, -0.05) is 13.8 Å². The minimum atomic E-state index is -0.492. The van der Waals surface area contributed by atoms with E-state index in [2.05, 4.69) is 5.32 Å². The van der Waals surface area contributed by atoms with Crippen LogP contribution in [-0.2, 0) is 23.9 Å². The smallest absolute Gasteiger partial charge is 0.232 e. The lowest BCUT2D eigenvalue weighted by molar-refractivity contribution is -0.139. The first kappa shape index (κ1) is 23.3. The van der Waals surface area contributed by atoms with Crippen LogP contribution in [0.25, 0.3) is 0 Å². The van der Waals surface area contributed by atoms with E-state index >= 15 is 0 Å². The Balaban J connectivity index is 2.43. The normalized spacial score (nSPS) is 19.9. The zero-order chi connectivity index (χ0) is 20.8. The Bertz CT molecular complexity index is 587. The Hall–Kier alpha value is -1.76. The number of nitrogens with zero attached hydrogens (tertiary/aromatic N) is 1. The van der Waals surface area contributed by atoms with Crippen LogP contribution in [0.15, 0.2) is 0 Å². The number of hydrogen-bond donors (Lipinski definition) is 1. The van der Waals surface area contributed by atoms with Gasteiger partial charge in [0, 0.05) is 43.9 Å². The summed E-state index contributed by atoms with van der Waals surface area (Å²) in [6.07, 6.45) is 2.00. The van der Waals surface area contributed by atoms with E-state index in [0.717, 1.165) is 6.42 Å². The van der Waals surface area contributed by atoms with Gasteiger partial charge >= 0.3 is 0 Å². The van der Waals surface area contributed by atoms with Crippen molar-refractivity contribution in [2.75, 3.05) is 13.2 Å². The molecule has 0 aliphatic carbocycles. The number of nitrogens with one attached hydrogen (secondary N) is 1. The highest BCUT2D eigenvalue weighted by Crippen LogP contribution is 2.22. The van der Waals surface area contributed by atoms with Crippen LogP contribution in [-0.4, -0.2) is 52.7 Å². The van der Waals surface area contributed by atoms with Crippen LogP contribution in [0.5, 0.6) is 0 Å². The number of likely N-dealkylation sites (tertiary alicyclic amines) is 1. The molecular weight excluding hydrogens is 348 g/mol. The van der Waals surface area contributed by atoms with Crippen molar-refractivity contribution in [3.63, 3.8) is 0 Å². The zero-order valence-corrected chi connectivity index (χ0v) is 17.5. The molecule has 0 bridgehead atoms. The summed E-state index contributed by atoms with van der Waals surface area (Å²) in [6, 6.07) is 0. The fourth-order valence-electron chi connectivity index (χ4n) is 3.16. The third-order valence-corrected chi connectivity index (χ3v) is 5.06. The molecule has 27 heavy (non-hydrogen) atoms. The number of carbonyl (C=O) groups excluding carboxylic acids is 4. The van der Waals surface area contributed by atoms with Gasteiger partial charge in [0.2, 0.25) is 17.7 Å². The fourth-order valence-corrected chi connectivity index (χ4v) is 3.16. The minimum Gasteiger partial charge on any atom is -0.375 e. The first-order valence-corrected chi connectivity index (χ1v) is 9.68. The first-order chi connectivity index (χ1) is 12.4. The minimum absolute atomic E-state index is 0.0888. The highest BCUT2D eigenvalue weighted by Gasteiger charge is 2.35. The Morgan fingerprint density at radius 2 is 1.89 bits per heavy atom. The summed E-state index contributed by atoms with van der Waals surface area (Å²) in [5.74, 6) is -0.825. The molecule has 0 spiro atoms. The molecule has 0 radical (unpaired) electrons. The van der Waals surface area contributed by atoms with Crippen LogP contribution < -0.4 is 5.32 Å². The summed E-state index contributed by atoms with van der Waals surface area (Å²) in [5.41, 5.74) is -0.979. The molecule has 1 aliphatic heterocycles. The van der Waals surface area contributed by atoms with Gasteiger partial charge in [0.15, 0.2) is 0 Å². The predicted octanol–water partition coefficient (Wildman–Crippen LogP) is 2.22. The topological polar surface area (TPSA) is 92.8 Å². The van der Waals surface area contributed by atoms with Crippen molar-refractivity contribution in [2.24, 2.45) is 5.92 Å². The molecular formula is C20H34N2O5. The summed E-state index contributed by atoms with van der Waals surface area (Å²) >= 11 is 0. The Labute approximate surface area is 162 Å². The molecule has 1 rings (SSSR count). The van der Waals surface area contributed by atoms with E-state index in [0.29, 0.717) is 19.4 Å². The third kappa shape index (κ3) is 7.40. The molecule has 1 saturated heterocycles. The van der Waals surface area contributed by atoms with Gasteiger partial charge in [-0.15, -0.1) is 0 Å². The average Bonchev–Trinajstić information content (AvgIpc) is 2.76. The number of ketones is 1. The monoisotopic (exact) mass is 382 g/mol. The number of imide groups is 1. The van der Waals surface area contributed by atoms with Crippen molar-refractivity contribution in [3.8, 4) is 0 Å². The highest BCUT2D eigenvalue weighted by atomic mass is 16.5. The third-order valence-electron chi connectivity index (χ3n) is 5.06. The van der Waals surface area contributed by atoms with Crippen molar-refractivity contribution in [2.45, 2.75) is 84.8 Å². The van der Waals surface area contributed by atoms with E-state index < -0.39 is 11.1 Å². The lowest BCUT2D eigenvalue weighted by Crippen LogP contribution is -2.46. The number of amides is 3. The van der Waals surface area contributed by atoms with Crippen molar-refractivity contribution in [1.82, 2.24) is 10.2 Å². The van der Waals surface area contributed by atoms with Gasteiger partial charge in [0.1, 0.15) is 5.78 Å². The summed E-state index contributed by atoms with van der Waals surface area (Å²) < 4.78 is 5.92. The Kier molecular flexibility index (Phi) is 8.14. The van der Waals surface area contributed by atoms with Crippen LogP contribution >= 0.6 is 0 Å². The van der Waals surface area contributed by atoms with Crippen LogP contribution in [0.2, 0.25) is 0 Å². The first-order valence-electron chi connectivity index (χ1n) is 9.68. The van der Waals surface area contributed by atoms with E-state index in [1.54, 1.807) is 13.8 Å². The van der Waals surface area contributed by atoms with Crippen molar-refractivity contribution >= 4 is 23.5 Å². The van der Waals surface area contributed by atoms with Crippen LogP contribution in [0, 0.1) is 5.92 Å². The average molecular weight is 383 g/mol. The van der Waals surface area contributed by atoms with Gasteiger partial charge in [0.25, 0.3) is 0 Å². The van der Waals surface area contributed by atoms with Gasteiger partial charge in [-0.3, -0.25) is 24.1 Å². The molecule has 0 saturated carbocycles. The van der Waals surface area contributed by atoms with E-state index in [4.69, 9.17) is 4.74 Å². The van der Waals surface area contributed by atoms with Crippen molar-refractivity contribution < 1.29 is 23.9 Å². The van der Waals surface area contributed by atoms with Crippen molar-refractivity contribution in [1.29, 1.82) is 0 Å². The van der Waals surface area contributed by atoms with E-state index in [9.17, 15) is 19.2 Å². The molecule has 7 nitrogen and oxygen atoms in total. The largest absolute Gasteiger partial charge is 0.375 e. The predicted molar refractivity (Wildman–Crippen MR) is 102 cm³/mol. The quantitative estimate of drug-likeness (QED) is 0.553. The molecule has 154 valence electrons. The van der Waals surface area contributed by atoms with Gasteiger partial charge < -0.3 is 10.1 Å². The number of rotatable bonds is 11. The number of Topliss-reactive ketones (excluding diaryl/α,β-unsaturated/α-hetero) is 1. The summed E-state index contributed by atoms with van der Waals surface area (Å²) in [4.78, 5) is 48.4. The second-order valence-corrected chi connectivity index (χ2v) is 8.45. The van der Waals surface area contributed by atoms with E-state index in [1.807, 2.05) is 27.7 Å². The Morgan fingerprint density at radius 3 is 2.37 bits per heavy atom. The molecule has 2 unspecified atom stereocenters. The van der Waals surface area contributed by atoms with Crippen LogP contribution in [0.1, 0.15) is 73.6 Å². The standard InChI is InChI=1S/C20H34N2O5/c1-7-20(6,13-15(3)23)27-11-9-19(4,5)21-16(24)8-10-22-17(25)12-14(2)18(22)26/h14H,7-13H2,1-6H3,(H,21,24). The fraction of sp³-hybridized carbons (Fsp3) is 0.800.